The molecule has 32 heavy (non-hydrogen) atoms. The number of nitrogens with zero attached hydrogens (tertiary/aromatic N) is 1. The lowest BCUT2D eigenvalue weighted by Gasteiger charge is -2.29. The van der Waals surface area contributed by atoms with Crippen molar-refractivity contribution in [3.05, 3.63) is 62.0 Å². The van der Waals surface area contributed by atoms with Crippen LogP contribution in [-0.4, -0.2) is 35.9 Å². The second-order valence-corrected chi connectivity index (χ2v) is 9.54. The van der Waals surface area contributed by atoms with Gasteiger partial charge < -0.3 is 15.0 Å². The van der Waals surface area contributed by atoms with Crippen LogP contribution in [0.4, 0.5) is 0 Å². The van der Waals surface area contributed by atoms with Gasteiger partial charge in [-0.15, -0.1) is 0 Å². The number of carbonyl (C=O) groups excluding carboxylic acids is 2. The summed E-state index contributed by atoms with van der Waals surface area (Å²) in [5, 5.41) is 3.67. The summed E-state index contributed by atoms with van der Waals surface area (Å²) in [4.78, 5) is 27.2. The Labute approximate surface area is 208 Å². The molecule has 1 N–H and O–H groups in total. The zero-order valence-corrected chi connectivity index (χ0v) is 21.9. The standard InChI is InChI=1S/C24H29BrCl2N2O3/c1-5-10-28-24(31)16(4)29(13-17-6-8-20(26)21(27)11-17)23(30)14-32-22-9-7-18(15(2)3)12-19(22)25/h6-9,11-12,15-16H,5,10,13-14H2,1-4H3,(H,28,31)/t16-/m0/s1. The minimum Gasteiger partial charge on any atom is -0.483 e. The summed E-state index contributed by atoms with van der Waals surface area (Å²) in [5.74, 6) is 0.421. The number of carbonyl (C=O) groups is 2. The van der Waals surface area contributed by atoms with Crippen LogP contribution in [0.3, 0.4) is 0 Å². The van der Waals surface area contributed by atoms with E-state index in [2.05, 4.69) is 35.1 Å². The highest BCUT2D eigenvalue weighted by Gasteiger charge is 2.26. The summed E-state index contributed by atoms with van der Waals surface area (Å²) in [6.07, 6.45) is 0.808. The van der Waals surface area contributed by atoms with Crippen molar-refractivity contribution in [3.8, 4) is 5.75 Å². The Hall–Kier alpha value is -1.76. The van der Waals surface area contributed by atoms with Crippen LogP contribution in [0.5, 0.6) is 5.75 Å². The Balaban J connectivity index is 2.18. The average Bonchev–Trinajstić information content (AvgIpc) is 2.76. The van der Waals surface area contributed by atoms with Gasteiger partial charge in [-0.3, -0.25) is 9.59 Å². The van der Waals surface area contributed by atoms with E-state index in [0.29, 0.717) is 28.3 Å². The van der Waals surface area contributed by atoms with Crippen LogP contribution in [-0.2, 0) is 16.1 Å². The smallest absolute Gasteiger partial charge is 0.261 e. The maximum atomic E-state index is 13.1. The lowest BCUT2D eigenvalue weighted by Crippen LogP contribution is -2.49. The maximum Gasteiger partial charge on any atom is 0.261 e. The van der Waals surface area contributed by atoms with Gasteiger partial charge in [-0.25, -0.2) is 0 Å². The van der Waals surface area contributed by atoms with E-state index in [1.165, 1.54) is 4.90 Å². The van der Waals surface area contributed by atoms with Crippen molar-refractivity contribution in [3.63, 3.8) is 0 Å². The molecule has 0 aromatic heterocycles. The molecular formula is C24H29BrCl2N2O3. The van der Waals surface area contributed by atoms with E-state index in [0.717, 1.165) is 22.0 Å². The molecule has 0 aliphatic rings. The third-order valence-corrected chi connectivity index (χ3v) is 6.39. The van der Waals surface area contributed by atoms with Gasteiger partial charge in [0.25, 0.3) is 5.91 Å². The molecule has 0 heterocycles. The van der Waals surface area contributed by atoms with Crippen LogP contribution in [0.25, 0.3) is 0 Å². The number of nitrogens with one attached hydrogen (secondary N) is 1. The van der Waals surface area contributed by atoms with Gasteiger partial charge in [0.05, 0.1) is 14.5 Å². The SMILES string of the molecule is CCCNC(=O)[C@H](C)N(Cc1ccc(Cl)c(Cl)c1)C(=O)COc1ccc(C(C)C)cc1Br. The molecule has 2 amide bonds. The maximum absolute atomic E-state index is 13.1. The van der Waals surface area contributed by atoms with Gasteiger partial charge in [0.1, 0.15) is 11.8 Å². The van der Waals surface area contributed by atoms with Crippen molar-refractivity contribution < 1.29 is 14.3 Å². The normalized spacial score (nSPS) is 11.9. The van der Waals surface area contributed by atoms with Crippen LogP contribution < -0.4 is 10.1 Å². The van der Waals surface area contributed by atoms with E-state index in [-0.39, 0.29) is 25.0 Å². The molecule has 174 valence electrons. The molecule has 1 atom stereocenters. The predicted molar refractivity (Wildman–Crippen MR) is 134 cm³/mol. The van der Waals surface area contributed by atoms with E-state index in [4.69, 9.17) is 27.9 Å². The highest BCUT2D eigenvalue weighted by atomic mass is 79.9. The number of benzene rings is 2. The molecule has 5 nitrogen and oxygen atoms in total. The fraction of sp³-hybridized carbons (Fsp3) is 0.417. The number of hydrogen-bond donors (Lipinski definition) is 1. The van der Waals surface area contributed by atoms with Crippen molar-refractivity contribution in [2.45, 2.75) is 52.6 Å². The van der Waals surface area contributed by atoms with Crippen LogP contribution in [0.15, 0.2) is 40.9 Å². The third-order valence-electron chi connectivity index (χ3n) is 5.03. The minimum atomic E-state index is -0.682. The van der Waals surface area contributed by atoms with Gasteiger partial charge in [0, 0.05) is 13.1 Å². The fourth-order valence-corrected chi connectivity index (χ4v) is 3.86. The van der Waals surface area contributed by atoms with E-state index in [1.54, 1.807) is 25.1 Å². The molecule has 0 saturated carbocycles. The number of ether oxygens (including phenoxy) is 1. The van der Waals surface area contributed by atoms with E-state index >= 15 is 0 Å². The minimum absolute atomic E-state index is 0.202. The molecule has 8 heteroatoms. The molecule has 0 spiro atoms. The molecule has 2 aromatic carbocycles. The first kappa shape index (κ1) is 26.5. The van der Waals surface area contributed by atoms with Gasteiger partial charge in [0.15, 0.2) is 6.61 Å². The molecule has 2 rings (SSSR count). The Kier molecular flexibility index (Phi) is 10.3. The highest BCUT2D eigenvalue weighted by Crippen LogP contribution is 2.29. The Morgan fingerprint density at radius 1 is 1.09 bits per heavy atom. The van der Waals surface area contributed by atoms with Crippen LogP contribution >= 0.6 is 39.1 Å². The lowest BCUT2D eigenvalue weighted by atomic mass is 10.0. The zero-order chi connectivity index (χ0) is 23.8. The van der Waals surface area contributed by atoms with Crippen molar-refractivity contribution in [1.82, 2.24) is 10.2 Å². The quantitative estimate of drug-likeness (QED) is 0.388. The summed E-state index contributed by atoms with van der Waals surface area (Å²) in [6.45, 7) is 8.44. The number of rotatable bonds is 10. The van der Waals surface area contributed by atoms with Gasteiger partial charge in [-0.1, -0.05) is 56.1 Å². The molecular weight excluding hydrogens is 515 g/mol. The second-order valence-electron chi connectivity index (χ2n) is 7.87. The van der Waals surface area contributed by atoms with E-state index < -0.39 is 6.04 Å². The first-order valence-electron chi connectivity index (χ1n) is 10.6. The molecule has 0 fully saturated rings. The Bertz CT molecular complexity index is 953. The summed E-state index contributed by atoms with van der Waals surface area (Å²) >= 11 is 15.7. The molecule has 0 bridgehead atoms. The van der Waals surface area contributed by atoms with Gasteiger partial charge in [-0.2, -0.15) is 0 Å². The van der Waals surface area contributed by atoms with Crippen molar-refractivity contribution in [1.29, 1.82) is 0 Å². The summed E-state index contributed by atoms with van der Waals surface area (Å²) in [5.41, 5.74) is 1.93. The molecule has 0 unspecified atom stereocenters. The average molecular weight is 544 g/mol. The van der Waals surface area contributed by atoms with Gasteiger partial charge in [-0.05, 0) is 70.6 Å². The van der Waals surface area contributed by atoms with Gasteiger partial charge in [0.2, 0.25) is 5.91 Å². The topological polar surface area (TPSA) is 58.6 Å². The third kappa shape index (κ3) is 7.39. The van der Waals surface area contributed by atoms with Gasteiger partial charge >= 0.3 is 0 Å². The first-order valence-corrected chi connectivity index (χ1v) is 12.1. The van der Waals surface area contributed by atoms with Crippen molar-refractivity contribution in [2.24, 2.45) is 0 Å². The summed E-state index contributed by atoms with van der Waals surface area (Å²) in [7, 11) is 0. The van der Waals surface area contributed by atoms with Crippen LogP contribution in [0, 0.1) is 0 Å². The Morgan fingerprint density at radius 3 is 2.41 bits per heavy atom. The molecule has 2 aromatic rings. The van der Waals surface area contributed by atoms with Crippen molar-refractivity contribution in [2.75, 3.05) is 13.2 Å². The summed E-state index contributed by atoms with van der Waals surface area (Å²) in [6, 6.07) is 10.3. The second kappa shape index (κ2) is 12.5. The number of halogens is 3. The predicted octanol–water partition coefficient (Wildman–Crippen LogP) is 6.20. The first-order chi connectivity index (χ1) is 15.1. The highest BCUT2D eigenvalue weighted by molar-refractivity contribution is 9.10. The zero-order valence-electron chi connectivity index (χ0n) is 18.8. The van der Waals surface area contributed by atoms with E-state index in [1.807, 2.05) is 25.1 Å². The molecule has 0 saturated heterocycles. The number of amides is 2. The molecule has 0 radical (unpaired) electrons. The van der Waals surface area contributed by atoms with E-state index in [9.17, 15) is 9.59 Å². The molecule has 0 aliphatic carbocycles. The number of hydrogen-bond acceptors (Lipinski definition) is 3. The largest absolute Gasteiger partial charge is 0.483 e. The molecule has 0 aliphatic heterocycles. The van der Waals surface area contributed by atoms with Crippen LogP contribution in [0.1, 0.15) is 51.2 Å². The monoisotopic (exact) mass is 542 g/mol. The summed E-state index contributed by atoms with van der Waals surface area (Å²) < 4.78 is 6.57. The fourth-order valence-electron chi connectivity index (χ4n) is 3.03. The Morgan fingerprint density at radius 2 is 1.81 bits per heavy atom. The van der Waals surface area contributed by atoms with Crippen LogP contribution in [0.2, 0.25) is 10.0 Å². The van der Waals surface area contributed by atoms with Crippen molar-refractivity contribution >= 4 is 50.9 Å². The lowest BCUT2D eigenvalue weighted by molar-refractivity contribution is -0.142.